The number of anilines is 1. The van der Waals surface area contributed by atoms with E-state index >= 15 is 0 Å². The van der Waals surface area contributed by atoms with E-state index < -0.39 is 0 Å². The number of hydrogen-bond acceptors (Lipinski definition) is 3. The maximum absolute atomic E-state index is 5.67. The molecule has 1 aliphatic carbocycles. The van der Waals surface area contributed by atoms with Crippen LogP contribution in [0.15, 0.2) is 12.4 Å². The van der Waals surface area contributed by atoms with E-state index in [0.29, 0.717) is 17.0 Å². The molecule has 70 valence electrons. The van der Waals surface area contributed by atoms with Crippen molar-refractivity contribution in [3.8, 4) is 0 Å². The third-order valence-corrected chi connectivity index (χ3v) is 2.75. The summed E-state index contributed by atoms with van der Waals surface area (Å²) in [5.74, 6) is 1.42. The first-order chi connectivity index (χ1) is 6.25. The molecule has 0 amide bonds. The summed E-state index contributed by atoms with van der Waals surface area (Å²) in [6.45, 7) is 2.23. The van der Waals surface area contributed by atoms with Gasteiger partial charge < -0.3 is 5.32 Å². The van der Waals surface area contributed by atoms with Gasteiger partial charge in [0.2, 0.25) is 5.95 Å². The lowest BCUT2D eigenvalue weighted by Crippen LogP contribution is -2.36. The third kappa shape index (κ3) is 1.91. The van der Waals surface area contributed by atoms with E-state index in [1.807, 2.05) is 0 Å². The van der Waals surface area contributed by atoms with Crippen molar-refractivity contribution in [1.29, 1.82) is 0 Å². The van der Waals surface area contributed by atoms with Crippen LogP contribution in [0, 0.1) is 5.92 Å². The van der Waals surface area contributed by atoms with Crippen molar-refractivity contribution in [3.05, 3.63) is 17.4 Å². The minimum Gasteiger partial charge on any atom is -0.351 e. The van der Waals surface area contributed by atoms with Crippen LogP contribution >= 0.6 is 11.6 Å². The van der Waals surface area contributed by atoms with Crippen LogP contribution in [0.4, 0.5) is 5.95 Å². The van der Waals surface area contributed by atoms with E-state index in [9.17, 15) is 0 Å². The van der Waals surface area contributed by atoms with Gasteiger partial charge in [0.15, 0.2) is 0 Å². The third-order valence-electron chi connectivity index (χ3n) is 2.55. The number of nitrogens with one attached hydrogen (secondary N) is 1. The Labute approximate surface area is 82.5 Å². The number of hydrogen-bond donors (Lipinski definition) is 1. The maximum atomic E-state index is 5.67. The molecule has 0 aromatic carbocycles. The Morgan fingerprint density at radius 3 is 2.54 bits per heavy atom. The molecule has 0 spiro atoms. The average molecular weight is 198 g/mol. The Hall–Kier alpha value is -0.830. The van der Waals surface area contributed by atoms with Crippen LogP contribution in [0.1, 0.15) is 19.8 Å². The van der Waals surface area contributed by atoms with Gasteiger partial charge in [-0.1, -0.05) is 18.5 Å². The number of halogens is 1. The zero-order valence-corrected chi connectivity index (χ0v) is 8.25. The molecule has 0 radical (unpaired) electrons. The summed E-state index contributed by atoms with van der Waals surface area (Å²) in [6.07, 6.45) is 5.73. The molecule has 1 aromatic heterocycles. The molecule has 3 nitrogen and oxygen atoms in total. The van der Waals surface area contributed by atoms with Gasteiger partial charge in [0.1, 0.15) is 0 Å². The summed E-state index contributed by atoms with van der Waals surface area (Å²) in [6, 6.07) is 0.543. The van der Waals surface area contributed by atoms with Crippen molar-refractivity contribution in [2.45, 2.75) is 25.8 Å². The standard InChI is InChI=1S/C9H12ClN3/c1-6-2-3-8(6)13-9-11-4-7(10)5-12-9/h4-6,8H,2-3H2,1H3,(H,11,12,13). The second kappa shape index (κ2) is 3.50. The number of nitrogens with zero attached hydrogens (tertiary/aromatic N) is 2. The summed E-state index contributed by atoms with van der Waals surface area (Å²) >= 11 is 5.67. The fraction of sp³-hybridized carbons (Fsp3) is 0.556. The van der Waals surface area contributed by atoms with Crippen molar-refractivity contribution >= 4 is 17.5 Å². The van der Waals surface area contributed by atoms with Gasteiger partial charge in [0, 0.05) is 6.04 Å². The monoisotopic (exact) mass is 197 g/mol. The van der Waals surface area contributed by atoms with E-state index in [0.717, 1.165) is 5.92 Å². The molecule has 2 atom stereocenters. The summed E-state index contributed by atoms with van der Waals surface area (Å²) in [5.41, 5.74) is 0. The number of aromatic nitrogens is 2. The van der Waals surface area contributed by atoms with Gasteiger partial charge in [-0.15, -0.1) is 0 Å². The second-order valence-corrected chi connectivity index (χ2v) is 3.97. The maximum Gasteiger partial charge on any atom is 0.222 e. The second-order valence-electron chi connectivity index (χ2n) is 3.53. The summed E-state index contributed by atoms with van der Waals surface area (Å²) < 4.78 is 0. The normalized spacial score (nSPS) is 26.6. The van der Waals surface area contributed by atoms with E-state index in [4.69, 9.17) is 11.6 Å². The Bertz CT molecular complexity index is 285. The Morgan fingerprint density at radius 2 is 2.08 bits per heavy atom. The largest absolute Gasteiger partial charge is 0.351 e. The Morgan fingerprint density at radius 1 is 1.38 bits per heavy atom. The summed E-state index contributed by atoms with van der Waals surface area (Å²) in [7, 11) is 0. The summed E-state index contributed by atoms with van der Waals surface area (Å²) in [5, 5.41) is 3.85. The Balaban J connectivity index is 1.98. The van der Waals surface area contributed by atoms with Crippen LogP contribution in [-0.2, 0) is 0 Å². The summed E-state index contributed by atoms with van der Waals surface area (Å²) in [4.78, 5) is 8.16. The minimum atomic E-state index is 0.543. The molecule has 13 heavy (non-hydrogen) atoms. The van der Waals surface area contributed by atoms with Gasteiger partial charge in [-0.2, -0.15) is 0 Å². The van der Waals surface area contributed by atoms with E-state index in [-0.39, 0.29) is 0 Å². The lowest BCUT2D eigenvalue weighted by atomic mass is 9.81. The fourth-order valence-electron chi connectivity index (χ4n) is 1.43. The predicted molar refractivity (Wildman–Crippen MR) is 52.9 cm³/mol. The SMILES string of the molecule is CC1CCC1Nc1ncc(Cl)cn1. The topological polar surface area (TPSA) is 37.8 Å². The molecule has 4 heteroatoms. The molecule has 2 unspecified atom stereocenters. The molecule has 1 aliphatic rings. The average Bonchev–Trinajstić information content (AvgIpc) is 2.15. The molecule has 1 saturated carbocycles. The van der Waals surface area contributed by atoms with Crippen LogP contribution < -0.4 is 5.32 Å². The molecular formula is C9H12ClN3. The van der Waals surface area contributed by atoms with Gasteiger partial charge >= 0.3 is 0 Å². The van der Waals surface area contributed by atoms with E-state index in [2.05, 4.69) is 22.2 Å². The van der Waals surface area contributed by atoms with Gasteiger partial charge in [0.25, 0.3) is 0 Å². The smallest absolute Gasteiger partial charge is 0.222 e. The highest BCUT2D eigenvalue weighted by atomic mass is 35.5. The van der Waals surface area contributed by atoms with Gasteiger partial charge in [-0.25, -0.2) is 9.97 Å². The molecular weight excluding hydrogens is 186 g/mol. The van der Waals surface area contributed by atoms with Gasteiger partial charge in [-0.05, 0) is 18.8 Å². The Kier molecular flexibility index (Phi) is 2.36. The zero-order chi connectivity index (χ0) is 9.26. The molecule has 1 fully saturated rings. The lowest BCUT2D eigenvalue weighted by Gasteiger charge is -2.34. The fourth-order valence-corrected chi connectivity index (χ4v) is 1.53. The molecule has 2 rings (SSSR count). The van der Waals surface area contributed by atoms with Crippen LogP contribution in [0.3, 0.4) is 0 Å². The van der Waals surface area contributed by atoms with E-state index in [1.165, 1.54) is 12.8 Å². The molecule has 0 aliphatic heterocycles. The highest BCUT2D eigenvalue weighted by Gasteiger charge is 2.26. The van der Waals surface area contributed by atoms with E-state index in [1.54, 1.807) is 12.4 Å². The zero-order valence-electron chi connectivity index (χ0n) is 7.50. The van der Waals surface area contributed by atoms with Crippen molar-refractivity contribution < 1.29 is 0 Å². The quantitative estimate of drug-likeness (QED) is 0.791. The lowest BCUT2D eigenvalue weighted by molar-refractivity contribution is 0.302. The van der Waals surface area contributed by atoms with Crippen LogP contribution in [0.2, 0.25) is 5.02 Å². The highest BCUT2D eigenvalue weighted by Crippen LogP contribution is 2.28. The van der Waals surface area contributed by atoms with Crippen molar-refractivity contribution in [2.24, 2.45) is 5.92 Å². The molecule has 1 aromatic rings. The first-order valence-electron chi connectivity index (χ1n) is 4.50. The number of rotatable bonds is 2. The molecule has 0 saturated heterocycles. The molecule has 1 N–H and O–H groups in total. The van der Waals surface area contributed by atoms with Crippen LogP contribution in [0.5, 0.6) is 0 Å². The first-order valence-corrected chi connectivity index (χ1v) is 4.87. The minimum absolute atomic E-state index is 0.543. The van der Waals surface area contributed by atoms with Crippen molar-refractivity contribution in [3.63, 3.8) is 0 Å². The van der Waals surface area contributed by atoms with Crippen LogP contribution in [0.25, 0.3) is 0 Å². The highest BCUT2D eigenvalue weighted by molar-refractivity contribution is 6.30. The van der Waals surface area contributed by atoms with Gasteiger partial charge in [0.05, 0.1) is 17.4 Å². The predicted octanol–water partition coefficient (Wildman–Crippen LogP) is 2.34. The van der Waals surface area contributed by atoms with Crippen molar-refractivity contribution in [1.82, 2.24) is 9.97 Å². The first kappa shape index (κ1) is 8.75. The molecule has 0 bridgehead atoms. The van der Waals surface area contributed by atoms with Gasteiger partial charge in [-0.3, -0.25) is 0 Å². The van der Waals surface area contributed by atoms with Crippen molar-refractivity contribution in [2.75, 3.05) is 5.32 Å². The van der Waals surface area contributed by atoms with Crippen LogP contribution in [-0.4, -0.2) is 16.0 Å². The molecule has 1 heterocycles.